The van der Waals surface area contributed by atoms with E-state index in [1.54, 1.807) is 6.07 Å². The predicted molar refractivity (Wildman–Crippen MR) is 80.9 cm³/mol. The Bertz CT molecular complexity index is 602. The number of furan rings is 1. The fraction of sp³-hybridized carbons (Fsp3) is 0.467. The van der Waals surface area contributed by atoms with Crippen molar-refractivity contribution >= 4 is 5.91 Å². The molecule has 0 atom stereocenters. The molecule has 0 saturated carbocycles. The third-order valence-electron chi connectivity index (χ3n) is 3.94. The number of hydrogen-bond donors (Lipinski definition) is 3. The minimum absolute atomic E-state index is 0.227. The first-order chi connectivity index (χ1) is 10.0. The van der Waals surface area contributed by atoms with Gasteiger partial charge >= 0.3 is 0 Å². The van der Waals surface area contributed by atoms with Gasteiger partial charge in [-0.1, -0.05) is 13.8 Å². The number of nitrogens with zero attached hydrogens (tertiary/aromatic N) is 1. The summed E-state index contributed by atoms with van der Waals surface area (Å²) in [5, 5.41) is 9.86. The van der Waals surface area contributed by atoms with E-state index >= 15 is 0 Å². The molecule has 0 saturated heterocycles. The lowest BCUT2D eigenvalue weighted by Gasteiger charge is -2.31. The molecule has 6 heteroatoms. The van der Waals surface area contributed by atoms with Crippen molar-refractivity contribution in [1.82, 2.24) is 15.5 Å². The van der Waals surface area contributed by atoms with Crippen molar-refractivity contribution < 1.29 is 9.21 Å². The van der Waals surface area contributed by atoms with E-state index in [0.717, 1.165) is 18.6 Å². The molecule has 0 unspecified atom stereocenters. The molecule has 0 spiro atoms. The molecule has 1 amide bonds. The Morgan fingerprint density at radius 3 is 2.67 bits per heavy atom. The van der Waals surface area contributed by atoms with Gasteiger partial charge in [-0.25, -0.2) is 0 Å². The van der Waals surface area contributed by atoms with Crippen LogP contribution in [0.3, 0.4) is 0 Å². The van der Waals surface area contributed by atoms with Crippen molar-refractivity contribution in [3.05, 3.63) is 29.7 Å². The maximum absolute atomic E-state index is 12.3. The third-order valence-corrected chi connectivity index (χ3v) is 3.94. The lowest BCUT2D eigenvalue weighted by Crippen LogP contribution is -2.52. The number of aromatic nitrogens is 2. The van der Waals surface area contributed by atoms with Gasteiger partial charge in [0, 0.05) is 12.6 Å². The van der Waals surface area contributed by atoms with Crippen molar-refractivity contribution in [3.8, 4) is 11.5 Å². The molecule has 2 aromatic heterocycles. The van der Waals surface area contributed by atoms with E-state index in [0.29, 0.717) is 23.7 Å². The van der Waals surface area contributed by atoms with E-state index in [9.17, 15) is 4.79 Å². The fourth-order valence-corrected chi connectivity index (χ4v) is 2.21. The van der Waals surface area contributed by atoms with E-state index < -0.39 is 0 Å². The fourth-order valence-electron chi connectivity index (χ4n) is 2.21. The highest BCUT2D eigenvalue weighted by Gasteiger charge is 2.27. The zero-order chi connectivity index (χ0) is 15.5. The van der Waals surface area contributed by atoms with Gasteiger partial charge in [0.1, 0.15) is 11.5 Å². The first-order valence-electron chi connectivity index (χ1n) is 7.18. The van der Waals surface area contributed by atoms with Crippen LogP contribution in [0.4, 0.5) is 0 Å². The van der Waals surface area contributed by atoms with Crippen LogP contribution in [0.1, 0.15) is 42.9 Å². The summed E-state index contributed by atoms with van der Waals surface area (Å²) in [6.07, 6.45) is 1.56. The molecule has 2 heterocycles. The van der Waals surface area contributed by atoms with E-state index in [1.165, 1.54) is 0 Å². The lowest BCUT2D eigenvalue weighted by molar-refractivity contribution is 0.0890. The summed E-state index contributed by atoms with van der Waals surface area (Å²) >= 11 is 0. The molecular weight excluding hydrogens is 268 g/mol. The van der Waals surface area contributed by atoms with Crippen LogP contribution >= 0.6 is 0 Å². The average molecular weight is 290 g/mol. The van der Waals surface area contributed by atoms with Crippen molar-refractivity contribution in [2.24, 2.45) is 5.73 Å². The van der Waals surface area contributed by atoms with Crippen LogP contribution in [0, 0.1) is 6.92 Å². The topological polar surface area (TPSA) is 96.9 Å². The van der Waals surface area contributed by atoms with Crippen molar-refractivity contribution in [2.75, 3.05) is 6.54 Å². The van der Waals surface area contributed by atoms with E-state index in [4.69, 9.17) is 10.2 Å². The average Bonchev–Trinajstić information content (AvgIpc) is 3.13. The van der Waals surface area contributed by atoms with Gasteiger partial charge in [0.05, 0.1) is 5.54 Å². The Morgan fingerprint density at radius 1 is 1.43 bits per heavy atom. The number of aryl methyl sites for hydroxylation is 1. The normalized spacial score (nSPS) is 11.6. The minimum Gasteiger partial charge on any atom is -0.460 e. The number of nitrogens with one attached hydrogen (secondary N) is 2. The molecule has 0 aromatic carbocycles. The molecule has 4 N–H and O–H groups in total. The van der Waals surface area contributed by atoms with Crippen LogP contribution in [-0.2, 0) is 0 Å². The Hall–Kier alpha value is -2.08. The van der Waals surface area contributed by atoms with Gasteiger partial charge < -0.3 is 15.5 Å². The van der Waals surface area contributed by atoms with Crippen molar-refractivity contribution in [3.63, 3.8) is 0 Å². The van der Waals surface area contributed by atoms with Crippen LogP contribution in [0.25, 0.3) is 11.5 Å². The highest BCUT2D eigenvalue weighted by atomic mass is 16.3. The first kappa shape index (κ1) is 15.3. The first-order valence-corrected chi connectivity index (χ1v) is 7.18. The number of carbonyl (C=O) groups excluding carboxylic acids is 1. The Morgan fingerprint density at radius 2 is 2.14 bits per heavy atom. The number of amides is 1. The number of hydrogen-bond acceptors (Lipinski definition) is 4. The second kappa shape index (κ2) is 6.13. The number of nitrogens with two attached hydrogens (primary N) is 1. The quantitative estimate of drug-likeness (QED) is 0.760. The molecule has 21 heavy (non-hydrogen) atoms. The lowest BCUT2D eigenvalue weighted by atomic mass is 9.93. The number of rotatable bonds is 6. The molecular formula is C15H22N4O2. The van der Waals surface area contributed by atoms with E-state index in [2.05, 4.69) is 15.5 Å². The predicted octanol–water partition coefficient (Wildman–Crippen LogP) is 2.23. The summed E-state index contributed by atoms with van der Waals surface area (Å²) in [5.74, 6) is 1.25. The standard InChI is InChI=1S/C15H22N4O2/c1-4-15(5-2,9-16)17-14(20)12-8-11(18-19-12)13-7-6-10(3)21-13/h6-8H,4-5,9,16H2,1-3H3,(H,17,20)(H,18,19). The van der Waals surface area contributed by atoms with Crippen LogP contribution in [0.5, 0.6) is 0 Å². The molecule has 2 aromatic rings. The SMILES string of the molecule is CCC(CC)(CN)NC(=O)c1cc(-c2ccc(C)o2)[nH]n1. The van der Waals surface area contributed by atoms with Crippen molar-refractivity contribution in [2.45, 2.75) is 39.2 Å². The molecule has 0 fully saturated rings. The number of aromatic amines is 1. The maximum Gasteiger partial charge on any atom is 0.272 e. The summed E-state index contributed by atoms with van der Waals surface area (Å²) in [4.78, 5) is 12.3. The summed E-state index contributed by atoms with van der Waals surface area (Å²) in [5.41, 5.74) is 6.43. The molecule has 0 aliphatic rings. The van der Waals surface area contributed by atoms with Crippen LogP contribution in [0.15, 0.2) is 22.6 Å². The summed E-state index contributed by atoms with van der Waals surface area (Å²) in [6.45, 7) is 6.29. The highest BCUT2D eigenvalue weighted by Crippen LogP contribution is 2.21. The van der Waals surface area contributed by atoms with Gasteiger partial charge in [-0.15, -0.1) is 0 Å². The van der Waals surface area contributed by atoms with E-state index in [-0.39, 0.29) is 11.4 Å². The zero-order valence-corrected chi connectivity index (χ0v) is 12.7. The second-order valence-electron chi connectivity index (χ2n) is 5.22. The van der Waals surface area contributed by atoms with Gasteiger partial charge in [-0.3, -0.25) is 9.89 Å². The number of H-pyrrole nitrogens is 1. The van der Waals surface area contributed by atoms with Crippen LogP contribution in [0.2, 0.25) is 0 Å². The van der Waals surface area contributed by atoms with Gasteiger partial charge in [0.25, 0.3) is 5.91 Å². The molecule has 0 aliphatic heterocycles. The number of carbonyl (C=O) groups is 1. The van der Waals surface area contributed by atoms with Gasteiger partial charge in [-0.2, -0.15) is 5.10 Å². The molecule has 0 radical (unpaired) electrons. The summed E-state index contributed by atoms with van der Waals surface area (Å²) in [7, 11) is 0. The highest BCUT2D eigenvalue weighted by molar-refractivity contribution is 5.93. The van der Waals surface area contributed by atoms with Crippen LogP contribution in [-0.4, -0.2) is 28.2 Å². The Labute approximate surface area is 124 Å². The largest absolute Gasteiger partial charge is 0.460 e. The van der Waals surface area contributed by atoms with Crippen molar-refractivity contribution in [1.29, 1.82) is 0 Å². The van der Waals surface area contributed by atoms with E-state index in [1.807, 2.05) is 32.9 Å². The Balaban J connectivity index is 2.16. The molecule has 0 bridgehead atoms. The summed E-state index contributed by atoms with van der Waals surface area (Å²) < 4.78 is 5.50. The molecule has 0 aliphatic carbocycles. The van der Waals surface area contributed by atoms with Gasteiger partial charge in [0.15, 0.2) is 11.5 Å². The zero-order valence-electron chi connectivity index (χ0n) is 12.7. The van der Waals surface area contributed by atoms with Gasteiger partial charge in [-0.05, 0) is 31.9 Å². The molecule has 2 rings (SSSR count). The summed E-state index contributed by atoms with van der Waals surface area (Å²) in [6, 6.07) is 5.39. The van der Waals surface area contributed by atoms with Gasteiger partial charge in [0.2, 0.25) is 0 Å². The third kappa shape index (κ3) is 3.16. The smallest absolute Gasteiger partial charge is 0.272 e. The minimum atomic E-state index is -0.378. The molecule has 114 valence electrons. The maximum atomic E-state index is 12.3. The molecule has 6 nitrogen and oxygen atoms in total. The monoisotopic (exact) mass is 290 g/mol. The second-order valence-corrected chi connectivity index (χ2v) is 5.22. The Kier molecular flexibility index (Phi) is 4.47. The van der Waals surface area contributed by atoms with Crippen LogP contribution < -0.4 is 11.1 Å².